The van der Waals surface area contributed by atoms with E-state index >= 15 is 0 Å². The molecular formula is C17H27IN6OS. The summed E-state index contributed by atoms with van der Waals surface area (Å²) in [5.74, 6) is 3.09. The zero-order valence-electron chi connectivity index (χ0n) is 15.4. The van der Waals surface area contributed by atoms with Gasteiger partial charge in [0.05, 0.1) is 6.54 Å². The van der Waals surface area contributed by atoms with Crippen molar-refractivity contribution in [2.45, 2.75) is 44.9 Å². The third-order valence-corrected chi connectivity index (χ3v) is 5.13. The van der Waals surface area contributed by atoms with Crippen molar-refractivity contribution in [2.75, 3.05) is 20.7 Å². The number of hydrogen-bond acceptors (Lipinski definition) is 5. The molecule has 0 saturated carbocycles. The van der Waals surface area contributed by atoms with Crippen molar-refractivity contribution in [3.63, 3.8) is 0 Å². The molecule has 144 valence electrons. The van der Waals surface area contributed by atoms with Crippen molar-refractivity contribution in [3.8, 4) is 0 Å². The number of rotatable bonds is 6. The number of methoxy groups -OCH3 is 1. The van der Waals surface area contributed by atoms with E-state index in [-0.39, 0.29) is 24.0 Å². The molecule has 0 fully saturated rings. The van der Waals surface area contributed by atoms with Gasteiger partial charge in [0.2, 0.25) is 0 Å². The van der Waals surface area contributed by atoms with Gasteiger partial charge in [-0.25, -0.2) is 9.67 Å². The third-order valence-electron chi connectivity index (χ3n) is 4.43. The van der Waals surface area contributed by atoms with Crippen LogP contribution in [0, 0.1) is 0 Å². The van der Waals surface area contributed by atoms with E-state index in [1.165, 1.54) is 5.56 Å². The number of nitrogens with one attached hydrogen (secondary N) is 2. The lowest BCUT2D eigenvalue weighted by Crippen LogP contribution is -2.47. The van der Waals surface area contributed by atoms with E-state index < -0.39 is 0 Å². The van der Waals surface area contributed by atoms with Crippen LogP contribution in [-0.4, -0.2) is 47.5 Å². The summed E-state index contributed by atoms with van der Waals surface area (Å²) in [4.78, 5) is 8.87. The Kier molecular flexibility index (Phi) is 8.29. The minimum atomic E-state index is 0. The van der Waals surface area contributed by atoms with Gasteiger partial charge in [0.25, 0.3) is 0 Å². The molecule has 2 N–H and O–H groups in total. The largest absolute Gasteiger partial charge is 0.377 e. The van der Waals surface area contributed by atoms with Crippen LogP contribution in [0.1, 0.15) is 36.5 Å². The first-order valence-corrected chi connectivity index (χ1v) is 9.54. The number of aliphatic imine (C=N–C) groups is 1. The molecule has 3 rings (SSSR count). The lowest BCUT2D eigenvalue weighted by Gasteiger charge is -2.26. The zero-order chi connectivity index (χ0) is 17.6. The molecule has 1 aliphatic rings. The standard InChI is InChI=1S/C17H26N6OS.HI/c1-12(13-6-7-25-11-13)8-19-17(18-2)20-14-4-5-16-21-15(10-24-3)22-23(16)9-14;/h6-7,11-12,14H,4-5,8-10H2,1-3H3,(H2,18,19,20);1H. The Labute approximate surface area is 175 Å². The SMILES string of the molecule is CN=C(NCC(C)c1ccsc1)NC1CCc2nc(COC)nn2C1.I. The predicted molar refractivity (Wildman–Crippen MR) is 115 cm³/mol. The summed E-state index contributed by atoms with van der Waals surface area (Å²) in [6.07, 6.45) is 1.93. The van der Waals surface area contributed by atoms with E-state index in [1.807, 2.05) is 11.7 Å². The van der Waals surface area contributed by atoms with Gasteiger partial charge < -0.3 is 15.4 Å². The highest BCUT2D eigenvalue weighted by atomic mass is 127. The van der Waals surface area contributed by atoms with Gasteiger partial charge in [0, 0.05) is 33.2 Å². The molecule has 2 unspecified atom stereocenters. The molecule has 0 radical (unpaired) electrons. The summed E-state index contributed by atoms with van der Waals surface area (Å²) in [6.45, 7) is 4.34. The summed E-state index contributed by atoms with van der Waals surface area (Å²) >= 11 is 1.74. The second kappa shape index (κ2) is 10.2. The average Bonchev–Trinajstić information content (AvgIpc) is 3.27. The van der Waals surface area contributed by atoms with Crippen molar-refractivity contribution < 1.29 is 4.74 Å². The van der Waals surface area contributed by atoms with Gasteiger partial charge in [-0.2, -0.15) is 16.4 Å². The van der Waals surface area contributed by atoms with Crippen LogP contribution in [0.3, 0.4) is 0 Å². The van der Waals surface area contributed by atoms with Gasteiger partial charge in [0.15, 0.2) is 11.8 Å². The minimum Gasteiger partial charge on any atom is -0.377 e. The van der Waals surface area contributed by atoms with Crippen LogP contribution in [0.5, 0.6) is 0 Å². The molecule has 0 amide bonds. The highest BCUT2D eigenvalue weighted by molar-refractivity contribution is 14.0. The van der Waals surface area contributed by atoms with Crippen molar-refractivity contribution in [3.05, 3.63) is 34.0 Å². The molecule has 2 atom stereocenters. The maximum atomic E-state index is 5.12. The minimum absolute atomic E-state index is 0. The number of nitrogens with zero attached hydrogens (tertiary/aromatic N) is 4. The van der Waals surface area contributed by atoms with Crippen LogP contribution in [0.25, 0.3) is 0 Å². The number of thiophene rings is 1. The first-order chi connectivity index (χ1) is 12.2. The van der Waals surface area contributed by atoms with Gasteiger partial charge in [-0.1, -0.05) is 6.92 Å². The molecule has 0 aromatic carbocycles. The average molecular weight is 490 g/mol. The van der Waals surface area contributed by atoms with Crippen molar-refractivity contribution in [1.82, 2.24) is 25.4 Å². The van der Waals surface area contributed by atoms with Gasteiger partial charge >= 0.3 is 0 Å². The van der Waals surface area contributed by atoms with Crippen LogP contribution in [0.4, 0.5) is 0 Å². The number of guanidine groups is 1. The maximum Gasteiger partial charge on any atom is 0.191 e. The molecule has 7 nitrogen and oxygen atoms in total. The van der Waals surface area contributed by atoms with E-state index in [2.05, 4.69) is 49.5 Å². The number of halogens is 1. The van der Waals surface area contributed by atoms with Gasteiger partial charge in [-0.15, -0.1) is 24.0 Å². The number of hydrogen-bond donors (Lipinski definition) is 2. The maximum absolute atomic E-state index is 5.12. The number of fused-ring (bicyclic) bond motifs is 1. The molecule has 0 spiro atoms. The summed E-state index contributed by atoms with van der Waals surface area (Å²) in [5, 5.41) is 15.8. The monoisotopic (exact) mass is 490 g/mol. The van der Waals surface area contributed by atoms with Crippen LogP contribution in [-0.2, 0) is 24.3 Å². The lowest BCUT2D eigenvalue weighted by molar-refractivity contribution is 0.177. The highest BCUT2D eigenvalue weighted by Crippen LogP contribution is 2.17. The van der Waals surface area contributed by atoms with Crippen molar-refractivity contribution in [2.24, 2.45) is 4.99 Å². The topological polar surface area (TPSA) is 76.4 Å². The molecule has 0 bridgehead atoms. The van der Waals surface area contributed by atoms with E-state index in [4.69, 9.17) is 4.74 Å². The third kappa shape index (κ3) is 5.40. The Balaban J connectivity index is 0.00000243. The molecule has 3 heterocycles. The van der Waals surface area contributed by atoms with Gasteiger partial charge in [0.1, 0.15) is 12.4 Å². The quantitative estimate of drug-likeness (QED) is 0.370. The molecule has 0 aliphatic carbocycles. The Morgan fingerprint density at radius 2 is 2.38 bits per heavy atom. The lowest BCUT2D eigenvalue weighted by atomic mass is 10.1. The second-order valence-electron chi connectivity index (χ2n) is 6.35. The number of aromatic nitrogens is 3. The van der Waals surface area contributed by atoms with Crippen LogP contribution in [0.15, 0.2) is 21.8 Å². The first-order valence-electron chi connectivity index (χ1n) is 8.60. The highest BCUT2D eigenvalue weighted by Gasteiger charge is 2.22. The van der Waals surface area contributed by atoms with E-state index in [0.29, 0.717) is 18.6 Å². The van der Waals surface area contributed by atoms with Crippen LogP contribution >= 0.6 is 35.3 Å². The Hall–Kier alpha value is -1.20. The van der Waals surface area contributed by atoms with Crippen molar-refractivity contribution >= 4 is 41.3 Å². The molecular weight excluding hydrogens is 463 g/mol. The Bertz CT molecular complexity index is 702. The van der Waals surface area contributed by atoms with Gasteiger partial charge in [-0.05, 0) is 34.7 Å². The fraction of sp³-hybridized carbons (Fsp3) is 0.588. The number of aryl methyl sites for hydroxylation is 1. The van der Waals surface area contributed by atoms with Gasteiger partial charge in [-0.3, -0.25) is 4.99 Å². The van der Waals surface area contributed by atoms with E-state index in [1.54, 1.807) is 18.4 Å². The summed E-state index contributed by atoms with van der Waals surface area (Å²) in [5.41, 5.74) is 1.36. The molecule has 9 heteroatoms. The molecule has 26 heavy (non-hydrogen) atoms. The second-order valence-corrected chi connectivity index (χ2v) is 7.13. The summed E-state index contributed by atoms with van der Waals surface area (Å²) in [6, 6.07) is 2.48. The fourth-order valence-electron chi connectivity index (χ4n) is 2.98. The zero-order valence-corrected chi connectivity index (χ0v) is 18.6. The Morgan fingerprint density at radius 1 is 1.54 bits per heavy atom. The first kappa shape index (κ1) is 21.1. The van der Waals surface area contributed by atoms with Crippen LogP contribution < -0.4 is 10.6 Å². The molecule has 0 saturated heterocycles. The summed E-state index contributed by atoms with van der Waals surface area (Å²) in [7, 11) is 3.47. The number of ether oxygens (including phenoxy) is 1. The molecule has 1 aliphatic heterocycles. The van der Waals surface area contributed by atoms with Crippen molar-refractivity contribution in [1.29, 1.82) is 0 Å². The van der Waals surface area contributed by atoms with E-state index in [9.17, 15) is 0 Å². The Morgan fingerprint density at radius 3 is 3.08 bits per heavy atom. The molecule has 2 aromatic rings. The normalized spacial score (nSPS) is 18.0. The smallest absolute Gasteiger partial charge is 0.191 e. The predicted octanol–water partition coefficient (Wildman–Crippen LogP) is 2.39. The summed E-state index contributed by atoms with van der Waals surface area (Å²) < 4.78 is 7.10. The van der Waals surface area contributed by atoms with Crippen LogP contribution in [0.2, 0.25) is 0 Å². The van der Waals surface area contributed by atoms with E-state index in [0.717, 1.165) is 43.5 Å². The fourth-order valence-corrected chi connectivity index (χ4v) is 3.76. The molecule has 2 aromatic heterocycles.